The van der Waals surface area contributed by atoms with Gasteiger partial charge in [0, 0.05) is 12.6 Å². The van der Waals surface area contributed by atoms with Crippen molar-refractivity contribution in [2.45, 2.75) is 45.3 Å². The van der Waals surface area contributed by atoms with Gasteiger partial charge >= 0.3 is 0 Å². The number of nitrogens with one attached hydrogen (secondary N) is 1. The van der Waals surface area contributed by atoms with Crippen molar-refractivity contribution in [3.8, 4) is 5.75 Å². The van der Waals surface area contributed by atoms with Gasteiger partial charge in [-0.25, -0.2) is 8.42 Å². The van der Waals surface area contributed by atoms with Crippen LogP contribution in [0.3, 0.4) is 0 Å². The second kappa shape index (κ2) is 7.27. The number of hydrogen-bond acceptors (Lipinski definition) is 4. The predicted molar refractivity (Wildman–Crippen MR) is 85.6 cm³/mol. The van der Waals surface area contributed by atoms with E-state index in [2.05, 4.69) is 12.2 Å². The highest BCUT2D eigenvalue weighted by Gasteiger charge is 2.25. The van der Waals surface area contributed by atoms with Crippen LogP contribution in [-0.2, 0) is 9.84 Å². The standard InChI is InChI=1S/C16H25NO3S/c1-3-15(20-16-9-5-4-7-13(16)2)11-17-14-8-6-10-21(18,19)12-14/h4-5,7,9,14-15,17H,3,6,8,10-12H2,1-2H3/t14-,15+/m0/s1. The fourth-order valence-corrected chi connectivity index (χ4v) is 4.29. The Kier molecular flexibility index (Phi) is 5.65. The molecule has 0 amide bonds. The van der Waals surface area contributed by atoms with Crippen LogP contribution in [0, 0.1) is 6.92 Å². The smallest absolute Gasteiger partial charge is 0.151 e. The number of rotatable bonds is 6. The van der Waals surface area contributed by atoms with Crippen LogP contribution in [0.25, 0.3) is 0 Å². The Morgan fingerprint density at radius 1 is 1.38 bits per heavy atom. The Balaban J connectivity index is 1.87. The maximum atomic E-state index is 11.6. The summed E-state index contributed by atoms with van der Waals surface area (Å²) in [7, 11) is -2.86. The van der Waals surface area contributed by atoms with E-state index in [-0.39, 0.29) is 17.9 Å². The number of sulfone groups is 1. The number of para-hydroxylation sites is 1. The van der Waals surface area contributed by atoms with E-state index in [1.165, 1.54) is 0 Å². The Hall–Kier alpha value is -1.07. The minimum absolute atomic E-state index is 0.0655. The molecule has 118 valence electrons. The first-order chi connectivity index (χ1) is 10.00. The van der Waals surface area contributed by atoms with Crippen LogP contribution in [0.4, 0.5) is 0 Å². The zero-order valence-electron chi connectivity index (χ0n) is 12.8. The molecule has 0 saturated carbocycles. The summed E-state index contributed by atoms with van der Waals surface area (Å²) in [6.07, 6.45) is 2.65. The van der Waals surface area contributed by atoms with Gasteiger partial charge in [-0.15, -0.1) is 0 Å². The molecule has 1 aliphatic rings. The van der Waals surface area contributed by atoms with Gasteiger partial charge in [-0.3, -0.25) is 0 Å². The van der Waals surface area contributed by atoms with E-state index in [0.29, 0.717) is 12.3 Å². The highest BCUT2D eigenvalue weighted by atomic mass is 32.2. The Morgan fingerprint density at radius 2 is 2.14 bits per heavy atom. The molecule has 1 N–H and O–H groups in total. The third-order valence-electron chi connectivity index (χ3n) is 3.94. The minimum Gasteiger partial charge on any atom is -0.489 e. The maximum absolute atomic E-state index is 11.6. The van der Waals surface area contributed by atoms with Crippen molar-refractivity contribution in [3.05, 3.63) is 29.8 Å². The van der Waals surface area contributed by atoms with Crippen LogP contribution in [0.2, 0.25) is 0 Å². The molecule has 2 rings (SSSR count). The first-order valence-corrected chi connectivity index (χ1v) is 9.48. The van der Waals surface area contributed by atoms with Crippen molar-refractivity contribution < 1.29 is 13.2 Å². The molecule has 21 heavy (non-hydrogen) atoms. The largest absolute Gasteiger partial charge is 0.489 e. The zero-order chi connectivity index (χ0) is 15.3. The maximum Gasteiger partial charge on any atom is 0.151 e. The van der Waals surface area contributed by atoms with E-state index in [1.54, 1.807) is 0 Å². The van der Waals surface area contributed by atoms with Crippen molar-refractivity contribution in [3.63, 3.8) is 0 Å². The number of benzene rings is 1. The van der Waals surface area contributed by atoms with E-state index < -0.39 is 9.84 Å². The van der Waals surface area contributed by atoms with Gasteiger partial charge in [0.25, 0.3) is 0 Å². The van der Waals surface area contributed by atoms with Gasteiger partial charge in [0.1, 0.15) is 11.9 Å². The fourth-order valence-electron chi connectivity index (χ4n) is 2.62. The molecule has 0 aromatic heterocycles. The zero-order valence-corrected chi connectivity index (χ0v) is 13.7. The van der Waals surface area contributed by atoms with Crippen LogP contribution < -0.4 is 10.1 Å². The summed E-state index contributed by atoms with van der Waals surface area (Å²) in [6.45, 7) is 4.80. The molecule has 1 aromatic rings. The average Bonchev–Trinajstić information content (AvgIpc) is 2.44. The molecule has 1 aliphatic heterocycles. The molecule has 1 aromatic carbocycles. The summed E-state index contributed by atoms with van der Waals surface area (Å²) < 4.78 is 29.3. The molecule has 1 saturated heterocycles. The predicted octanol–water partition coefficient (Wildman–Crippen LogP) is 2.32. The number of ether oxygens (including phenoxy) is 1. The van der Waals surface area contributed by atoms with E-state index >= 15 is 0 Å². The van der Waals surface area contributed by atoms with Crippen molar-refractivity contribution in [1.82, 2.24) is 5.32 Å². The monoisotopic (exact) mass is 311 g/mol. The van der Waals surface area contributed by atoms with Gasteiger partial charge in [-0.1, -0.05) is 25.1 Å². The summed E-state index contributed by atoms with van der Waals surface area (Å²) in [5, 5.41) is 3.36. The molecule has 0 spiro atoms. The average molecular weight is 311 g/mol. The molecule has 5 heteroatoms. The van der Waals surface area contributed by atoms with Gasteiger partial charge < -0.3 is 10.1 Å². The van der Waals surface area contributed by atoms with E-state index in [0.717, 1.165) is 30.6 Å². The lowest BCUT2D eigenvalue weighted by atomic mass is 10.1. The summed E-state index contributed by atoms with van der Waals surface area (Å²) >= 11 is 0. The van der Waals surface area contributed by atoms with E-state index in [1.807, 2.05) is 31.2 Å². The van der Waals surface area contributed by atoms with Gasteiger partial charge in [0.15, 0.2) is 9.84 Å². The molecular formula is C16H25NO3S. The minimum atomic E-state index is -2.86. The van der Waals surface area contributed by atoms with E-state index in [9.17, 15) is 8.42 Å². The third-order valence-corrected chi connectivity index (χ3v) is 5.76. The summed E-state index contributed by atoms with van der Waals surface area (Å²) in [5.74, 6) is 1.50. The van der Waals surface area contributed by atoms with Gasteiger partial charge in [0.2, 0.25) is 0 Å². The lowest BCUT2D eigenvalue weighted by molar-refractivity contribution is 0.187. The second-order valence-corrected chi connectivity index (χ2v) is 8.00. The summed E-state index contributed by atoms with van der Waals surface area (Å²) in [5.41, 5.74) is 1.12. The summed E-state index contributed by atoms with van der Waals surface area (Å²) in [6, 6.07) is 8.04. The summed E-state index contributed by atoms with van der Waals surface area (Å²) in [4.78, 5) is 0. The van der Waals surface area contributed by atoms with Gasteiger partial charge in [-0.05, 0) is 37.8 Å². The topological polar surface area (TPSA) is 55.4 Å². The van der Waals surface area contributed by atoms with Crippen molar-refractivity contribution >= 4 is 9.84 Å². The highest BCUT2D eigenvalue weighted by molar-refractivity contribution is 7.91. The van der Waals surface area contributed by atoms with Crippen molar-refractivity contribution in [1.29, 1.82) is 0 Å². The molecule has 2 atom stereocenters. The Labute approximate surface area is 127 Å². The number of hydrogen-bond donors (Lipinski definition) is 1. The first-order valence-electron chi connectivity index (χ1n) is 7.66. The first kappa shape index (κ1) is 16.3. The SMILES string of the molecule is CC[C@H](CN[C@H]1CCCS(=O)(=O)C1)Oc1ccccc1C. The molecule has 4 nitrogen and oxygen atoms in total. The molecule has 0 radical (unpaired) electrons. The van der Waals surface area contributed by atoms with Crippen LogP contribution >= 0.6 is 0 Å². The third kappa shape index (κ3) is 5.00. The lowest BCUT2D eigenvalue weighted by Crippen LogP contribution is -2.44. The highest BCUT2D eigenvalue weighted by Crippen LogP contribution is 2.19. The second-order valence-electron chi connectivity index (χ2n) is 5.78. The van der Waals surface area contributed by atoms with Crippen molar-refractivity contribution in [2.75, 3.05) is 18.1 Å². The van der Waals surface area contributed by atoms with Crippen molar-refractivity contribution in [2.24, 2.45) is 0 Å². The van der Waals surface area contributed by atoms with Crippen LogP contribution in [0.1, 0.15) is 31.7 Å². The van der Waals surface area contributed by atoms with Gasteiger partial charge in [-0.2, -0.15) is 0 Å². The number of aryl methyl sites for hydroxylation is 1. The molecule has 1 heterocycles. The normalized spacial score (nSPS) is 22.7. The Bertz CT molecular complexity index is 556. The lowest BCUT2D eigenvalue weighted by Gasteiger charge is -2.26. The van der Waals surface area contributed by atoms with Crippen LogP contribution in [0.15, 0.2) is 24.3 Å². The molecule has 0 aliphatic carbocycles. The van der Waals surface area contributed by atoms with E-state index in [4.69, 9.17) is 4.74 Å². The van der Waals surface area contributed by atoms with Gasteiger partial charge in [0.05, 0.1) is 11.5 Å². The Morgan fingerprint density at radius 3 is 2.81 bits per heavy atom. The fraction of sp³-hybridized carbons (Fsp3) is 0.625. The quantitative estimate of drug-likeness (QED) is 0.876. The molecule has 0 unspecified atom stereocenters. The van der Waals surface area contributed by atoms with Crippen LogP contribution in [-0.4, -0.2) is 38.6 Å². The molecular weight excluding hydrogens is 286 g/mol. The molecule has 1 fully saturated rings. The molecule has 0 bridgehead atoms. The van der Waals surface area contributed by atoms with Crippen LogP contribution in [0.5, 0.6) is 5.75 Å².